The number of hydrogen-bond donors (Lipinski definition) is 0. The number of benzene rings is 3. The topological polar surface area (TPSA) is 55.8 Å². The van der Waals surface area contributed by atoms with Crippen molar-refractivity contribution in [2.75, 3.05) is 20.8 Å². The van der Waals surface area contributed by atoms with Gasteiger partial charge in [-0.05, 0) is 46.7 Å². The minimum atomic E-state index is -1.04. The summed E-state index contributed by atoms with van der Waals surface area (Å²) in [5.41, 5.74) is 0.473. The van der Waals surface area contributed by atoms with Crippen LogP contribution >= 0.6 is 0 Å². The van der Waals surface area contributed by atoms with E-state index in [0.29, 0.717) is 12.6 Å². The molecule has 0 aliphatic carbocycles. The maximum atomic E-state index is 13.6. The second-order valence-corrected chi connectivity index (χ2v) is 6.50. The van der Waals surface area contributed by atoms with E-state index in [1.807, 2.05) is 36.4 Å². The number of amides is 1. The summed E-state index contributed by atoms with van der Waals surface area (Å²) in [6.07, 6.45) is 0. The van der Waals surface area contributed by atoms with Crippen molar-refractivity contribution < 1.29 is 27.8 Å². The van der Waals surface area contributed by atoms with E-state index in [0.717, 1.165) is 34.2 Å². The average Bonchev–Trinajstić information content (AvgIpc) is 2.71. The SMILES string of the molecule is COc1ccc2cc(CN(C)C(=O)COC(=O)c3ccc(F)cc3F)ccc2c1. The molecule has 7 heteroatoms. The van der Waals surface area contributed by atoms with Crippen LogP contribution in [0.15, 0.2) is 54.6 Å². The van der Waals surface area contributed by atoms with Gasteiger partial charge in [-0.25, -0.2) is 13.6 Å². The number of halogens is 2. The van der Waals surface area contributed by atoms with Crippen molar-refractivity contribution >= 4 is 22.6 Å². The molecule has 0 radical (unpaired) electrons. The monoisotopic (exact) mass is 399 g/mol. The Bertz CT molecular complexity index is 1070. The predicted octanol–water partition coefficient (Wildman–Crippen LogP) is 3.94. The molecular formula is C22H19F2NO4. The summed E-state index contributed by atoms with van der Waals surface area (Å²) in [7, 11) is 3.18. The van der Waals surface area contributed by atoms with Gasteiger partial charge in [-0.1, -0.05) is 18.2 Å². The fraction of sp³-hybridized carbons (Fsp3) is 0.182. The summed E-state index contributed by atoms with van der Waals surface area (Å²) in [5, 5.41) is 2.01. The minimum Gasteiger partial charge on any atom is -0.497 e. The Balaban J connectivity index is 1.60. The third kappa shape index (κ3) is 4.87. The van der Waals surface area contributed by atoms with Crippen LogP contribution in [0, 0.1) is 11.6 Å². The minimum absolute atomic E-state index is 0.309. The van der Waals surface area contributed by atoms with Crippen LogP contribution in [0.3, 0.4) is 0 Å². The highest BCUT2D eigenvalue weighted by molar-refractivity contribution is 5.91. The van der Waals surface area contributed by atoms with Crippen LogP contribution in [0.25, 0.3) is 10.8 Å². The zero-order chi connectivity index (χ0) is 21.0. The number of hydrogen-bond acceptors (Lipinski definition) is 4. The fourth-order valence-corrected chi connectivity index (χ4v) is 2.83. The molecule has 3 aromatic rings. The Hall–Kier alpha value is -3.48. The third-order valence-electron chi connectivity index (χ3n) is 4.44. The molecule has 0 aliphatic heterocycles. The fourth-order valence-electron chi connectivity index (χ4n) is 2.83. The molecule has 29 heavy (non-hydrogen) atoms. The van der Waals surface area contributed by atoms with E-state index in [1.165, 1.54) is 4.90 Å². The molecule has 0 saturated heterocycles. The maximum Gasteiger partial charge on any atom is 0.341 e. The number of nitrogens with zero attached hydrogens (tertiary/aromatic N) is 1. The van der Waals surface area contributed by atoms with Crippen LogP contribution in [0.4, 0.5) is 8.78 Å². The van der Waals surface area contributed by atoms with Gasteiger partial charge in [0, 0.05) is 19.7 Å². The van der Waals surface area contributed by atoms with Crippen LogP contribution in [0.2, 0.25) is 0 Å². The van der Waals surface area contributed by atoms with Crippen molar-refractivity contribution in [3.05, 3.63) is 77.4 Å². The first kappa shape index (κ1) is 20.3. The number of likely N-dealkylation sites (N-methyl/N-ethyl adjacent to an activating group) is 1. The summed E-state index contributed by atoms with van der Waals surface area (Å²) in [6.45, 7) is -0.236. The Labute approximate surface area is 166 Å². The summed E-state index contributed by atoms with van der Waals surface area (Å²) >= 11 is 0. The van der Waals surface area contributed by atoms with Gasteiger partial charge in [0.1, 0.15) is 17.4 Å². The molecule has 0 N–H and O–H groups in total. The lowest BCUT2D eigenvalue weighted by Gasteiger charge is -2.17. The van der Waals surface area contributed by atoms with Gasteiger partial charge in [0.2, 0.25) is 0 Å². The van der Waals surface area contributed by atoms with Crippen LogP contribution in [-0.4, -0.2) is 37.5 Å². The smallest absolute Gasteiger partial charge is 0.341 e. The Morgan fingerprint density at radius 1 is 0.966 bits per heavy atom. The number of rotatable bonds is 6. The van der Waals surface area contributed by atoms with Crippen LogP contribution in [0.5, 0.6) is 5.75 Å². The van der Waals surface area contributed by atoms with Gasteiger partial charge < -0.3 is 14.4 Å². The molecule has 1 amide bonds. The van der Waals surface area contributed by atoms with Crippen molar-refractivity contribution in [2.45, 2.75) is 6.54 Å². The lowest BCUT2D eigenvalue weighted by molar-refractivity contribution is -0.133. The number of methoxy groups -OCH3 is 1. The molecule has 3 rings (SSSR count). The summed E-state index contributed by atoms with van der Waals surface area (Å²) in [6, 6.07) is 14.0. The molecule has 0 saturated carbocycles. The highest BCUT2D eigenvalue weighted by atomic mass is 19.1. The van der Waals surface area contributed by atoms with Crippen LogP contribution < -0.4 is 4.74 Å². The summed E-state index contributed by atoms with van der Waals surface area (Å²) < 4.78 is 36.6. The van der Waals surface area contributed by atoms with Crippen molar-refractivity contribution in [3.63, 3.8) is 0 Å². The highest BCUT2D eigenvalue weighted by Crippen LogP contribution is 2.22. The maximum absolute atomic E-state index is 13.6. The molecule has 0 heterocycles. The van der Waals surface area contributed by atoms with E-state index in [-0.39, 0.29) is 0 Å². The second kappa shape index (κ2) is 8.68. The standard InChI is InChI=1S/C22H19F2NO4/c1-25(12-14-3-4-16-10-18(28-2)7-5-15(16)9-14)21(26)13-29-22(27)19-8-6-17(23)11-20(19)24/h3-11H,12-13H2,1-2H3. The van der Waals surface area contributed by atoms with Gasteiger partial charge in [-0.15, -0.1) is 0 Å². The van der Waals surface area contributed by atoms with E-state index in [9.17, 15) is 18.4 Å². The van der Waals surface area contributed by atoms with Crippen molar-refractivity contribution in [2.24, 2.45) is 0 Å². The van der Waals surface area contributed by atoms with Crippen molar-refractivity contribution in [1.29, 1.82) is 0 Å². The van der Waals surface area contributed by atoms with E-state index >= 15 is 0 Å². The largest absolute Gasteiger partial charge is 0.497 e. The Kier molecular flexibility index (Phi) is 6.07. The van der Waals surface area contributed by atoms with Crippen LogP contribution in [-0.2, 0) is 16.1 Å². The third-order valence-corrected chi connectivity index (χ3v) is 4.44. The lowest BCUT2D eigenvalue weighted by Crippen LogP contribution is -2.31. The number of carbonyl (C=O) groups is 2. The molecule has 3 aromatic carbocycles. The molecular weight excluding hydrogens is 380 g/mol. The number of ether oxygens (including phenoxy) is 2. The van der Waals surface area contributed by atoms with Crippen LogP contribution in [0.1, 0.15) is 15.9 Å². The molecule has 5 nitrogen and oxygen atoms in total. The first-order valence-electron chi connectivity index (χ1n) is 8.80. The number of carbonyl (C=O) groups excluding carboxylic acids is 2. The first-order valence-corrected chi connectivity index (χ1v) is 8.80. The summed E-state index contributed by atoms with van der Waals surface area (Å²) in [4.78, 5) is 25.5. The quantitative estimate of drug-likeness (QED) is 0.589. The van der Waals surface area contributed by atoms with Crippen molar-refractivity contribution in [3.8, 4) is 5.75 Å². The van der Waals surface area contributed by atoms with E-state index in [4.69, 9.17) is 9.47 Å². The zero-order valence-corrected chi connectivity index (χ0v) is 15.9. The van der Waals surface area contributed by atoms with Gasteiger partial charge in [-0.3, -0.25) is 4.79 Å². The molecule has 0 unspecified atom stereocenters. The molecule has 0 atom stereocenters. The van der Waals surface area contributed by atoms with E-state index < -0.39 is 35.7 Å². The summed E-state index contributed by atoms with van der Waals surface area (Å²) in [5.74, 6) is -2.55. The van der Waals surface area contributed by atoms with Gasteiger partial charge in [0.05, 0.1) is 12.7 Å². The predicted molar refractivity (Wildman–Crippen MR) is 104 cm³/mol. The molecule has 0 fully saturated rings. The number of esters is 1. The second-order valence-electron chi connectivity index (χ2n) is 6.50. The highest BCUT2D eigenvalue weighted by Gasteiger charge is 2.17. The molecule has 150 valence electrons. The Morgan fingerprint density at radius 2 is 1.69 bits per heavy atom. The molecule has 0 aromatic heterocycles. The van der Waals surface area contributed by atoms with E-state index in [1.54, 1.807) is 14.2 Å². The van der Waals surface area contributed by atoms with Gasteiger partial charge in [-0.2, -0.15) is 0 Å². The van der Waals surface area contributed by atoms with Crippen molar-refractivity contribution in [1.82, 2.24) is 4.90 Å². The van der Waals surface area contributed by atoms with E-state index in [2.05, 4.69) is 0 Å². The van der Waals surface area contributed by atoms with Gasteiger partial charge >= 0.3 is 5.97 Å². The molecule has 0 aliphatic rings. The Morgan fingerprint density at radius 3 is 2.41 bits per heavy atom. The lowest BCUT2D eigenvalue weighted by atomic mass is 10.1. The first-order chi connectivity index (χ1) is 13.9. The molecule has 0 bridgehead atoms. The van der Waals surface area contributed by atoms with Gasteiger partial charge in [0.15, 0.2) is 6.61 Å². The normalized spacial score (nSPS) is 10.6. The molecule has 0 spiro atoms. The van der Waals surface area contributed by atoms with Gasteiger partial charge in [0.25, 0.3) is 5.91 Å². The average molecular weight is 399 g/mol. The number of fused-ring (bicyclic) bond motifs is 1. The zero-order valence-electron chi connectivity index (χ0n) is 15.9.